The molecule has 0 fully saturated rings. The van der Waals surface area contributed by atoms with Crippen LogP contribution in [0.15, 0.2) is 47.1 Å². The zero-order chi connectivity index (χ0) is 15.8. The Morgan fingerprint density at radius 1 is 1.05 bits per heavy atom. The molecule has 1 rings (SSSR count). The van der Waals surface area contributed by atoms with E-state index < -0.39 is 0 Å². The van der Waals surface area contributed by atoms with Crippen molar-refractivity contribution in [3.05, 3.63) is 47.1 Å². The number of aliphatic hydroxyl groups is 1. The van der Waals surface area contributed by atoms with Gasteiger partial charge in [0.1, 0.15) is 0 Å². The molecule has 2 atom stereocenters. The van der Waals surface area contributed by atoms with Crippen LogP contribution in [-0.4, -0.2) is 11.2 Å². The Labute approximate surface area is 131 Å². The smallest absolute Gasteiger partial charge is 0.0753 e. The van der Waals surface area contributed by atoms with Crippen LogP contribution in [0.1, 0.15) is 66.2 Å². The predicted octanol–water partition coefficient (Wildman–Crippen LogP) is 5.73. The summed E-state index contributed by atoms with van der Waals surface area (Å²) in [5.41, 5.74) is 5.18. The van der Waals surface area contributed by atoms with Crippen LogP contribution in [0.2, 0.25) is 0 Å². The lowest BCUT2D eigenvalue weighted by atomic mass is 9.88. The molecule has 0 saturated heterocycles. The van der Waals surface area contributed by atoms with Gasteiger partial charge in [0.2, 0.25) is 0 Å². The summed E-state index contributed by atoms with van der Waals surface area (Å²) in [6.45, 7) is 12.7. The molecule has 1 heteroatoms. The van der Waals surface area contributed by atoms with E-state index in [-0.39, 0.29) is 6.10 Å². The van der Waals surface area contributed by atoms with E-state index in [0.29, 0.717) is 5.92 Å². The lowest BCUT2D eigenvalue weighted by molar-refractivity contribution is 0.182. The van der Waals surface area contributed by atoms with Gasteiger partial charge >= 0.3 is 0 Å². The van der Waals surface area contributed by atoms with E-state index in [2.05, 4.69) is 45.6 Å². The average Bonchev–Trinajstić information content (AvgIpc) is 2.41. The third-order valence-corrected chi connectivity index (χ3v) is 4.52. The third-order valence-electron chi connectivity index (χ3n) is 4.52. The lowest BCUT2D eigenvalue weighted by Gasteiger charge is -2.21. The van der Waals surface area contributed by atoms with Gasteiger partial charge in [-0.15, -0.1) is 0 Å². The van der Waals surface area contributed by atoms with Gasteiger partial charge in [-0.05, 0) is 77.7 Å². The van der Waals surface area contributed by atoms with Crippen molar-refractivity contribution in [3.8, 4) is 0 Å². The van der Waals surface area contributed by atoms with Crippen molar-refractivity contribution in [1.29, 1.82) is 0 Å². The number of rotatable bonds is 1. The lowest BCUT2D eigenvalue weighted by Crippen LogP contribution is -2.15. The van der Waals surface area contributed by atoms with Crippen molar-refractivity contribution >= 4 is 0 Å². The van der Waals surface area contributed by atoms with Gasteiger partial charge in [-0.2, -0.15) is 0 Å². The van der Waals surface area contributed by atoms with E-state index >= 15 is 0 Å². The maximum atomic E-state index is 10.4. The van der Waals surface area contributed by atoms with Crippen molar-refractivity contribution in [2.45, 2.75) is 72.3 Å². The van der Waals surface area contributed by atoms with Gasteiger partial charge in [0.15, 0.2) is 0 Å². The summed E-state index contributed by atoms with van der Waals surface area (Å²) in [6, 6.07) is 0. The highest BCUT2D eigenvalue weighted by Gasteiger charge is 2.15. The fourth-order valence-electron chi connectivity index (χ4n) is 2.71. The molecule has 1 N–H and O–H groups in total. The SMILES string of the molecule is C=C(C)[C@H]1C/C=C(\C)CC/C=C(\C)CC/C=C(\C)[C@H](O)C1. The minimum absolute atomic E-state index is 0.340. The average molecular weight is 288 g/mol. The highest BCUT2D eigenvalue weighted by atomic mass is 16.3. The molecule has 0 heterocycles. The first-order chi connectivity index (χ1) is 9.90. The largest absolute Gasteiger partial charge is 0.389 e. The molecule has 0 aliphatic heterocycles. The highest BCUT2D eigenvalue weighted by molar-refractivity contribution is 5.12. The van der Waals surface area contributed by atoms with Crippen LogP contribution >= 0.6 is 0 Å². The molecule has 0 aromatic heterocycles. The van der Waals surface area contributed by atoms with Gasteiger partial charge in [0.05, 0.1) is 6.10 Å². The number of hydrogen-bond acceptors (Lipinski definition) is 1. The van der Waals surface area contributed by atoms with Crippen LogP contribution < -0.4 is 0 Å². The van der Waals surface area contributed by atoms with Crippen LogP contribution in [0.5, 0.6) is 0 Å². The van der Waals surface area contributed by atoms with E-state index in [0.717, 1.165) is 44.1 Å². The molecule has 0 aromatic carbocycles. The fourth-order valence-corrected chi connectivity index (χ4v) is 2.71. The fraction of sp³-hybridized carbons (Fsp3) is 0.600. The summed E-state index contributed by atoms with van der Waals surface area (Å²) in [6.07, 6.45) is 12.7. The minimum Gasteiger partial charge on any atom is -0.389 e. The second-order valence-electron chi connectivity index (χ2n) is 6.66. The molecule has 118 valence electrons. The van der Waals surface area contributed by atoms with Gasteiger partial charge in [-0.25, -0.2) is 0 Å². The Bertz CT molecular complexity index is 437. The van der Waals surface area contributed by atoms with Crippen molar-refractivity contribution in [3.63, 3.8) is 0 Å². The Morgan fingerprint density at radius 3 is 2.24 bits per heavy atom. The van der Waals surface area contributed by atoms with Crippen molar-refractivity contribution in [2.75, 3.05) is 0 Å². The number of allylic oxidation sites excluding steroid dienone is 6. The molecular weight excluding hydrogens is 256 g/mol. The Balaban J connectivity index is 2.89. The van der Waals surface area contributed by atoms with Crippen molar-refractivity contribution in [2.24, 2.45) is 5.92 Å². The quantitative estimate of drug-likeness (QED) is 0.611. The summed E-state index contributed by atoms with van der Waals surface area (Å²) in [5.74, 6) is 0.374. The Kier molecular flexibility index (Phi) is 7.74. The summed E-state index contributed by atoms with van der Waals surface area (Å²) in [5, 5.41) is 10.4. The molecule has 21 heavy (non-hydrogen) atoms. The number of hydrogen-bond donors (Lipinski definition) is 1. The van der Waals surface area contributed by atoms with Crippen molar-refractivity contribution < 1.29 is 5.11 Å². The van der Waals surface area contributed by atoms with Gasteiger partial charge in [0.25, 0.3) is 0 Å². The normalized spacial score (nSPS) is 33.7. The summed E-state index contributed by atoms with van der Waals surface area (Å²) >= 11 is 0. The first-order valence-corrected chi connectivity index (χ1v) is 8.21. The van der Waals surface area contributed by atoms with Gasteiger partial charge in [-0.3, -0.25) is 0 Å². The van der Waals surface area contributed by atoms with E-state index in [4.69, 9.17) is 0 Å². The molecule has 0 unspecified atom stereocenters. The summed E-state index contributed by atoms with van der Waals surface area (Å²) < 4.78 is 0. The maximum absolute atomic E-state index is 10.4. The molecule has 0 amide bonds. The first-order valence-electron chi connectivity index (χ1n) is 8.21. The van der Waals surface area contributed by atoms with E-state index in [1.54, 1.807) is 0 Å². The minimum atomic E-state index is -0.340. The van der Waals surface area contributed by atoms with Gasteiger partial charge < -0.3 is 5.11 Å². The highest BCUT2D eigenvalue weighted by Crippen LogP contribution is 2.25. The van der Waals surface area contributed by atoms with Gasteiger partial charge in [0, 0.05) is 0 Å². The van der Waals surface area contributed by atoms with E-state index in [9.17, 15) is 5.11 Å². The maximum Gasteiger partial charge on any atom is 0.0753 e. The van der Waals surface area contributed by atoms with E-state index in [1.165, 1.54) is 16.7 Å². The standard InChI is InChI=1S/C20H32O/c1-15(2)19-13-12-17(4)9-6-8-16(3)10-7-11-18(5)20(21)14-19/h8,11-12,19-21H,1,6-7,9-10,13-14H2,2-5H3/b16-8+,17-12+,18-11+/t19-,20+/m0/s1. The van der Waals surface area contributed by atoms with Crippen LogP contribution in [0.3, 0.4) is 0 Å². The molecule has 0 aromatic rings. The summed E-state index contributed by atoms with van der Waals surface area (Å²) in [4.78, 5) is 0. The molecule has 0 radical (unpaired) electrons. The zero-order valence-electron chi connectivity index (χ0n) is 14.3. The zero-order valence-corrected chi connectivity index (χ0v) is 14.3. The topological polar surface area (TPSA) is 20.2 Å². The van der Waals surface area contributed by atoms with Crippen molar-refractivity contribution in [1.82, 2.24) is 0 Å². The third kappa shape index (κ3) is 6.95. The Hall–Kier alpha value is -1.08. The molecule has 1 aliphatic rings. The molecule has 1 aliphatic carbocycles. The van der Waals surface area contributed by atoms with Crippen LogP contribution in [-0.2, 0) is 0 Å². The van der Waals surface area contributed by atoms with E-state index in [1.807, 2.05) is 6.92 Å². The Morgan fingerprint density at radius 2 is 1.62 bits per heavy atom. The number of aliphatic hydroxyl groups excluding tert-OH is 1. The van der Waals surface area contributed by atoms with Crippen LogP contribution in [0.4, 0.5) is 0 Å². The predicted molar refractivity (Wildman–Crippen MR) is 93.3 cm³/mol. The second-order valence-corrected chi connectivity index (χ2v) is 6.66. The first kappa shape index (κ1) is 18.0. The molecule has 0 saturated carbocycles. The van der Waals surface area contributed by atoms with Crippen LogP contribution in [0, 0.1) is 5.92 Å². The second kappa shape index (κ2) is 9.04. The van der Waals surface area contributed by atoms with Gasteiger partial charge in [-0.1, -0.05) is 41.5 Å². The summed E-state index contributed by atoms with van der Waals surface area (Å²) in [7, 11) is 0. The monoisotopic (exact) mass is 288 g/mol. The van der Waals surface area contributed by atoms with Crippen LogP contribution in [0.25, 0.3) is 0 Å². The molecule has 0 spiro atoms. The molecule has 0 bridgehead atoms. The molecule has 1 nitrogen and oxygen atoms in total. The molecular formula is C20H32O.